The summed E-state index contributed by atoms with van der Waals surface area (Å²) in [4.78, 5) is 14.1. The molecule has 2 aromatic carbocycles. The fraction of sp³-hybridized carbons (Fsp3) is 0.381. The Morgan fingerprint density at radius 2 is 1.64 bits per heavy atom. The van der Waals surface area contributed by atoms with E-state index in [-0.39, 0.29) is 17.9 Å². The first-order chi connectivity index (χ1) is 13.5. The second kappa shape index (κ2) is 6.82. The number of benzene rings is 2. The lowest BCUT2D eigenvalue weighted by atomic mass is 9.76. The van der Waals surface area contributed by atoms with Crippen molar-refractivity contribution in [3.8, 4) is 34.1 Å². The molecule has 148 valence electrons. The maximum absolute atomic E-state index is 12.4. The van der Waals surface area contributed by atoms with E-state index in [1.807, 2.05) is 18.2 Å². The summed E-state index contributed by atoms with van der Waals surface area (Å²) >= 11 is 0. The number of ether oxygens (including phenoxy) is 4. The molecule has 1 atom stereocenters. The number of phenolic OH excluding ortho intramolecular Hbond substituents is 1. The molecule has 2 aliphatic rings. The quantitative estimate of drug-likeness (QED) is 0.874. The molecular weight excluding hydrogens is 362 g/mol. The minimum atomic E-state index is -0.374. The van der Waals surface area contributed by atoms with Gasteiger partial charge in [-0.1, -0.05) is 0 Å². The van der Waals surface area contributed by atoms with E-state index in [9.17, 15) is 9.90 Å². The van der Waals surface area contributed by atoms with Crippen LogP contribution in [0.1, 0.15) is 22.7 Å². The number of hydrogen-bond acceptors (Lipinski definition) is 6. The van der Waals surface area contributed by atoms with Crippen molar-refractivity contribution in [2.75, 3.05) is 35.0 Å². The van der Waals surface area contributed by atoms with Crippen molar-refractivity contribution in [3.05, 3.63) is 34.9 Å². The van der Waals surface area contributed by atoms with Gasteiger partial charge in [0.25, 0.3) is 0 Å². The molecular formula is C21H23NO6. The van der Waals surface area contributed by atoms with Crippen LogP contribution in [0.3, 0.4) is 0 Å². The van der Waals surface area contributed by atoms with Gasteiger partial charge in [0.15, 0.2) is 23.0 Å². The van der Waals surface area contributed by atoms with Gasteiger partial charge in [0.05, 0.1) is 34.5 Å². The summed E-state index contributed by atoms with van der Waals surface area (Å²) in [5.74, 6) is 1.66. The number of nitrogens with zero attached hydrogens (tertiary/aromatic N) is 1. The predicted octanol–water partition coefficient (Wildman–Crippen LogP) is 3.31. The average Bonchev–Trinajstić information content (AvgIpc) is 2.73. The Morgan fingerprint density at radius 3 is 2.29 bits per heavy atom. The highest BCUT2D eigenvalue weighted by Crippen LogP contribution is 2.53. The highest BCUT2D eigenvalue weighted by atomic mass is 16.5. The van der Waals surface area contributed by atoms with E-state index < -0.39 is 0 Å². The van der Waals surface area contributed by atoms with Gasteiger partial charge in [0.2, 0.25) is 0 Å². The van der Waals surface area contributed by atoms with Gasteiger partial charge in [-0.15, -0.1) is 0 Å². The van der Waals surface area contributed by atoms with Crippen molar-refractivity contribution in [3.63, 3.8) is 0 Å². The Labute approximate surface area is 163 Å². The first-order valence-corrected chi connectivity index (χ1v) is 9.06. The lowest BCUT2D eigenvalue weighted by Gasteiger charge is -2.41. The molecule has 2 aromatic rings. The van der Waals surface area contributed by atoms with Crippen LogP contribution in [0.25, 0.3) is 11.1 Å². The van der Waals surface area contributed by atoms with Gasteiger partial charge in [-0.25, -0.2) is 4.79 Å². The number of aromatic hydroxyl groups is 1. The Bertz CT molecular complexity index is 955. The molecule has 0 radical (unpaired) electrons. The minimum Gasteiger partial charge on any atom is -0.504 e. The number of hydrogen-bond donors (Lipinski definition) is 1. The van der Waals surface area contributed by atoms with Crippen LogP contribution in [-0.2, 0) is 17.6 Å². The maximum atomic E-state index is 12.4. The molecule has 1 aliphatic carbocycles. The summed E-state index contributed by atoms with van der Waals surface area (Å²) in [6.45, 7) is 0.542. The van der Waals surface area contributed by atoms with Crippen LogP contribution < -0.4 is 14.2 Å². The fourth-order valence-electron chi connectivity index (χ4n) is 4.36. The number of amides is 1. The molecule has 0 saturated heterocycles. The maximum Gasteiger partial charge on any atom is 0.410 e. The second-order valence-corrected chi connectivity index (χ2v) is 6.87. The summed E-state index contributed by atoms with van der Waals surface area (Å²) in [5.41, 5.74) is 4.49. The van der Waals surface area contributed by atoms with Crippen LogP contribution >= 0.6 is 0 Å². The lowest BCUT2D eigenvalue weighted by molar-refractivity contribution is 0.100. The third-order valence-corrected chi connectivity index (χ3v) is 5.64. The Kier molecular flexibility index (Phi) is 4.45. The molecule has 1 heterocycles. The Morgan fingerprint density at radius 1 is 1.00 bits per heavy atom. The van der Waals surface area contributed by atoms with Crippen molar-refractivity contribution in [1.82, 2.24) is 4.90 Å². The molecule has 1 amide bonds. The van der Waals surface area contributed by atoms with E-state index in [4.69, 9.17) is 18.9 Å². The van der Waals surface area contributed by atoms with Gasteiger partial charge < -0.3 is 29.0 Å². The number of methoxy groups -OCH3 is 4. The predicted molar refractivity (Wildman–Crippen MR) is 102 cm³/mol. The molecule has 28 heavy (non-hydrogen) atoms. The zero-order chi connectivity index (χ0) is 20.0. The first kappa shape index (κ1) is 18.3. The Hall–Kier alpha value is -3.09. The molecule has 0 bridgehead atoms. The average molecular weight is 385 g/mol. The summed E-state index contributed by atoms with van der Waals surface area (Å²) in [5, 5.41) is 11.0. The summed E-state index contributed by atoms with van der Waals surface area (Å²) in [6.07, 6.45) is 0.879. The van der Waals surface area contributed by atoms with Gasteiger partial charge in [0.1, 0.15) is 0 Å². The molecule has 1 N–H and O–H groups in total. The molecule has 0 saturated carbocycles. The monoisotopic (exact) mass is 385 g/mol. The van der Waals surface area contributed by atoms with E-state index in [1.54, 1.807) is 19.1 Å². The SMILES string of the molecule is COC(=O)N1CCc2cc(OC)c(O)c3c2C1Cc1cc(OC)c(OC)cc1-3. The van der Waals surface area contributed by atoms with Gasteiger partial charge in [-0.05, 0) is 53.3 Å². The molecule has 7 heteroatoms. The highest BCUT2D eigenvalue weighted by molar-refractivity contribution is 5.85. The third-order valence-electron chi connectivity index (χ3n) is 5.64. The van der Waals surface area contributed by atoms with Crippen LogP contribution in [0.5, 0.6) is 23.0 Å². The Balaban J connectivity index is 2.01. The molecule has 1 unspecified atom stereocenters. The molecule has 0 aromatic heterocycles. The van der Waals surface area contributed by atoms with Crippen molar-refractivity contribution >= 4 is 6.09 Å². The van der Waals surface area contributed by atoms with E-state index in [0.29, 0.717) is 42.2 Å². The van der Waals surface area contributed by atoms with Crippen LogP contribution in [0.4, 0.5) is 4.79 Å². The number of fused-ring (bicyclic) bond motifs is 2. The fourth-order valence-corrected chi connectivity index (χ4v) is 4.36. The van der Waals surface area contributed by atoms with Crippen LogP contribution in [-0.4, -0.2) is 51.1 Å². The van der Waals surface area contributed by atoms with Gasteiger partial charge in [-0.2, -0.15) is 0 Å². The third kappa shape index (κ3) is 2.53. The number of phenols is 1. The molecule has 4 rings (SSSR count). The second-order valence-electron chi connectivity index (χ2n) is 6.87. The van der Waals surface area contributed by atoms with Gasteiger partial charge in [0, 0.05) is 12.1 Å². The van der Waals surface area contributed by atoms with E-state index in [1.165, 1.54) is 14.2 Å². The molecule has 1 aliphatic heterocycles. The number of carbonyl (C=O) groups excluding carboxylic acids is 1. The van der Waals surface area contributed by atoms with Crippen LogP contribution in [0.15, 0.2) is 18.2 Å². The topological polar surface area (TPSA) is 77.5 Å². The van der Waals surface area contributed by atoms with Gasteiger partial charge in [-0.3, -0.25) is 0 Å². The van der Waals surface area contributed by atoms with Crippen molar-refractivity contribution in [2.45, 2.75) is 18.9 Å². The van der Waals surface area contributed by atoms with E-state index in [2.05, 4.69) is 0 Å². The van der Waals surface area contributed by atoms with E-state index >= 15 is 0 Å². The summed E-state index contributed by atoms with van der Waals surface area (Å²) < 4.78 is 21.3. The zero-order valence-corrected chi connectivity index (χ0v) is 16.4. The van der Waals surface area contributed by atoms with Crippen LogP contribution in [0, 0.1) is 0 Å². The normalized spacial score (nSPS) is 16.7. The van der Waals surface area contributed by atoms with E-state index in [0.717, 1.165) is 22.3 Å². The molecule has 0 fully saturated rings. The lowest BCUT2D eigenvalue weighted by Crippen LogP contribution is -2.42. The number of carbonyl (C=O) groups is 1. The summed E-state index contributed by atoms with van der Waals surface area (Å²) in [6, 6.07) is 5.41. The van der Waals surface area contributed by atoms with Gasteiger partial charge >= 0.3 is 6.09 Å². The molecule has 0 spiro atoms. The standard InChI is InChI=1S/C21H23NO6/c1-25-15-9-12-7-14-18-11(5-6-22(14)21(24)28-4)8-17(27-3)20(23)19(18)13(12)10-16(15)26-2/h8-10,14,23H,5-7H2,1-4H3. The van der Waals surface area contributed by atoms with Crippen molar-refractivity contribution in [1.29, 1.82) is 0 Å². The summed E-state index contributed by atoms with van der Waals surface area (Å²) in [7, 11) is 6.08. The zero-order valence-electron chi connectivity index (χ0n) is 16.4. The van der Waals surface area contributed by atoms with Crippen molar-refractivity contribution in [2.24, 2.45) is 0 Å². The minimum absolute atomic E-state index is 0.0612. The first-order valence-electron chi connectivity index (χ1n) is 9.06. The van der Waals surface area contributed by atoms with Crippen molar-refractivity contribution < 1.29 is 28.8 Å². The number of rotatable bonds is 3. The largest absolute Gasteiger partial charge is 0.504 e. The smallest absolute Gasteiger partial charge is 0.410 e. The highest BCUT2D eigenvalue weighted by Gasteiger charge is 2.40. The van der Waals surface area contributed by atoms with Crippen LogP contribution in [0.2, 0.25) is 0 Å². The molecule has 7 nitrogen and oxygen atoms in total.